The highest BCUT2D eigenvalue weighted by atomic mass is 32.2. The first-order valence-electron chi connectivity index (χ1n) is 13.9. The van der Waals surface area contributed by atoms with E-state index in [1.165, 1.54) is 31.5 Å². The quantitative estimate of drug-likeness (QED) is 0.270. The van der Waals surface area contributed by atoms with Gasteiger partial charge in [0, 0.05) is 37.1 Å². The maximum atomic E-state index is 14.0. The zero-order chi connectivity index (χ0) is 31.2. The van der Waals surface area contributed by atoms with E-state index in [0.717, 1.165) is 0 Å². The van der Waals surface area contributed by atoms with Crippen molar-refractivity contribution in [1.29, 1.82) is 0 Å². The number of esters is 1. The molecule has 0 saturated carbocycles. The van der Waals surface area contributed by atoms with Crippen molar-refractivity contribution < 1.29 is 32.2 Å². The Morgan fingerprint density at radius 2 is 1.79 bits per heavy atom. The van der Waals surface area contributed by atoms with Crippen LogP contribution >= 0.6 is 0 Å². The number of ether oxygens (including phenoxy) is 3. The molecule has 1 aromatic heterocycles. The summed E-state index contributed by atoms with van der Waals surface area (Å²) in [6.45, 7) is 9.00. The number of methoxy groups -OCH3 is 1. The van der Waals surface area contributed by atoms with E-state index in [1.54, 1.807) is 81.3 Å². The summed E-state index contributed by atoms with van der Waals surface area (Å²) in [5.74, 6) is -0.285. The summed E-state index contributed by atoms with van der Waals surface area (Å²) < 4.78 is 44.3. The first-order chi connectivity index (χ1) is 20.4. The molecule has 0 aliphatic carbocycles. The van der Waals surface area contributed by atoms with Crippen molar-refractivity contribution in [3.8, 4) is 5.75 Å². The topological polar surface area (TPSA) is 124 Å². The molecule has 43 heavy (non-hydrogen) atoms. The lowest BCUT2D eigenvalue weighted by Gasteiger charge is -2.26. The second-order valence-electron chi connectivity index (χ2n) is 11.1. The predicted octanol–water partition coefficient (Wildman–Crippen LogP) is 4.81. The average Bonchev–Trinajstić information content (AvgIpc) is 2.99. The van der Waals surface area contributed by atoms with Crippen LogP contribution < -0.4 is 10.1 Å². The molecule has 11 heteroatoms. The maximum Gasteiger partial charge on any atom is 0.340 e. The van der Waals surface area contributed by atoms with Crippen molar-refractivity contribution in [3.63, 3.8) is 0 Å². The summed E-state index contributed by atoms with van der Waals surface area (Å²) in [6, 6.07) is 12.8. The number of nitrogens with one attached hydrogen (secondary N) is 1. The van der Waals surface area contributed by atoms with E-state index in [9.17, 15) is 18.0 Å². The number of rotatable bonds is 9. The predicted molar refractivity (Wildman–Crippen MR) is 164 cm³/mol. The van der Waals surface area contributed by atoms with Crippen molar-refractivity contribution in [3.05, 3.63) is 89.3 Å². The third-order valence-electron chi connectivity index (χ3n) is 6.68. The lowest BCUT2D eigenvalue weighted by Crippen LogP contribution is -2.39. The van der Waals surface area contributed by atoms with Gasteiger partial charge in [-0.2, -0.15) is 0 Å². The molecule has 1 fully saturated rings. The van der Waals surface area contributed by atoms with Gasteiger partial charge in [-0.1, -0.05) is 6.07 Å². The zero-order valence-electron chi connectivity index (χ0n) is 25.0. The number of anilines is 1. The van der Waals surface area contributed by atoms with E-state index in [0.29, 0.717) is 48.7 Å². The number of aryl methyl sites for hydroxylation is 1. The number of morpholine rings is 1. The Morgan fingerprint density at radius 1 is 1.09 bits per heavy atom. The molecule has 0 bridgehead atoms. The second kappa shape index (κ2) is 13.4. The number of pyridine rings is 1. The lowest BCUT2D eigenvalue weighted by molar-refractivity contribution is -0.129. The van der Waals surface area contributed by atoms with Gasteiger partial charge in [-0.3, -0.25) is 9.78 Å². The van der Waals surface area contributed by atoms with Crippen LogP contribution in [0.1, 0.15) is 53.2 Å². The largest absolute Gasteiger partial charge is 0.497 e. The van der Waals surface area contributed by atoms with Crippen molar-refractivity contribution in [2.45, 2.75) is 43.6 Å². The minimum atomic E-state index is -4.05. The standard InChI is InChI=1S/C32H37N3O7S/c1-22-19-23(8-13-28(36)35-15-17-41-18-16-35)20-27(31(37)42-32(2,3)4)29(22)34-30(24-7-6-14-33-21-24)43(38,39)26-11-9-25(40-5)10-12-26/h6-14,19-21,30,34H,15-18H2,1-5H3/b13-8+. The molecule has 1 aliphatic heterocycles. The van der Waals surface area contributed by atoms with Gasteiger partial charge in [0.15, 0.2) is 5.37 Å². The summed E-state index contributed by atoms with van der Waals surface area (Å²) in [4.78, 5) is 32.1. The summed E-state index contributed by atoms with van der Waals surface area (Å²) in [7, 11) is -2.55. The average molecular weight is 608 g/mol. The van der Waals surface area contributed by atoms with Gasteiger partial charge >= 0.3 is 5.97 Å². The molecule has 2 aromatic carbocycles. The number of aromatic nitrogens is 1. The number of hydrogen-bond donors (Lipinski definition) is 1. The minimum absolute atomic E-state index is 0.0623. The fourth-order valence-corrected chi connectivity index (χ4v) is 6.12. The number of benzene rings is 2. The van der Waals surface area contributed by atoms with E-state index in [2.05, 4.69) is 10.3 Å². The molecule has 1 amide bonds. The van der Waals surface area contributed by atoms with Gasteiger partial charge in [0.05, 0.1) is 36.5 Å². The van der Waals surface area contributed by atoms with Gasteiger partial charge in [-0.25, -0.2) is 13.2 Å². The molecule has 2 heterocycles. The third-order valence-corrected chi connectivity index (χ3v) is 8.62. The molecular weight excluding hydrogens is 570 g/mol. The Hall–Kier alpha value is -4.22. The summed E-state index contributed by atoms with van der Waals surface area (Å²) in [5.41, 5.74) is 1.16. The first kappa shape index (κ1) is 31.7. The highest BCUT2D eigenvalue weighted by Crippen LogP contribution is 2.35. The molecule has 1 aliphatic rings. The fourth-order valence-electron chi connectivity index (χ4n) is 4.56. The minimum Gasteiger partial charge on any atom is -0.497 e. The Balaban J connectivity index is 1.78. The highest BCUT2D eigenvalue weighted by Gasteiger charge is 2.32. The monoisotopic (exact) mass is 607 g/mol. The molecule has 1 saturated heterocycles. The van der Waals surface area contributed by atoms with Gasteiger partial charge in [0.1, 0.15) is 11.4 Å². The van der Waals surface area contributed by atoms with Crippen molar-refractivity contribution >= 4 is 33.5 Å². The molecular formula is C32H37N3O7S. The fraction of sp³-hybridized carbons (Fsp3) is 0.344. The number of sulfone groups is 1. The SMILES string of the molecule is COc1ccc(S(=O)(=O)C(Nc2c(C)cc(/C=C/C(=O)N3CCOCC3)cc2C(=O)OC(C)(C)C)c2cccnc2)cc1. The van der Waals surface area contributed by atoms with Crippen LogP contribution in [0.15, 0.2) is 71.9 Å². The summed E-state index contributed by atoms with van der Waals surface area (Å²) in [6.07, 6.45) is 6.11. The van der Waals surface area contributed by atoms with Crippen LogP contribution in [0, 0.1) is 6.92 Å². The van der Waals surface area contributed by atoms with Crippen LogP contribution in [0.2, 0.25) is 0 Å². The molecule has 4 rings (SSSR count). The smallest absolute Gasteiger partial charge is 0.340 e. The molecule has 1 unspecified atom stereocenters. The third kappa shape index (κ3) is 7.99. The number of hydrogen-bond acceptors (Lipinski definition) is 9. The van der Waals surface area contributed by atoms with Crippen LogP contribution in [-0.4, -0.2) is 69.2 Å². The maximum absolute atomic E-state index is 14.0. The molecule has 0 radical (unpaired) electrons. The van der Waals surface area contributed by atoms with Crippen LogP contribution in [0.3, 0.4) is 0 Å². The molecule has 3 aromatic rings. The van der Waals surface area contributed by atoms with Gasteiger partial charge in [-0.05, 0) is 87.4 Å². The highest BCUT2D eigenvalue weighted by molar-refractivity contribution is 7.91. The van der Waals surface area contributed by atoms with Crippen molar-refractivity contribution in [2.75, 3.05) is 38.7 Å². The van der Waals surface area contributed by atoms with Crippen LogP contribution in [0.4, 0.5) is 5.69 Å². The van der Waals surface area contributed by atoms with Gasteiger partial charge < -0.3 is 24.4 Å². The normalized spacial score (nSPS) is 14.8. The Kier molecular flexibility index (Phi) is 9.87. The van der Waals surface area contributed by atoms with E-state index >= 15 is 0 Å². The van der Waals surface area contributed by atoms with Crippen molar-refractivity contribution in [2.24, 2.45) is 0 Å². The molecule has 10 nitrogen and oxygen atoms in total. The Morgan fingerprint density at radius 3 is 2.40 bits per heavy atom. The summed E-state index contributed by atoms with van der Waals surface area (Å²) >= 11 is 0. The van der Waals surface area contributed by atoms with Gasteiger partial charge in [-0.15, -0.1) is 0 Å². The lowest BCUT2D eigenvalue weighted by atomic mass is 10.0. The van der Waals surface area contributed by atoms with Gasteiger partial charge in [0.2, 0.25) is 15.7 Å². The molecule has 1 N–H and O–H groups in total. The Bertz CT molecular complexity index is 1580. The number of carbonyl (C=O) groups excluding carboxylic acids is 2. The van der Waals surface area contributed by atoms with Crippen LogP contribution in [0.5, 0.6) is 5.75 Å². The first-order valence-corrected chi connectivity index (χ1v) is 15.4. The second-order valence-corrected chi connectivity index (χ2v) is 13.1. The number of nitrogens with zero attached hydrogens (tertiary/aromatic N) is 2. The molecule has 0 spiro atoms. The Labute approximate surface area is 252 Å². The number of amides is 1. The molecule has 1 atom stereocenters. The van der Waals surface area contributed by atoms with Crippen LogP contribution in [-0.2, 0) is 24.1 Å². The zero-order valence-corrected chi connectivity index (χ0v) is 25.8. The van der Waals surface area contributed by atoms with E-state index in [-0.39, 0.29) is 22.1 Å². The van der Waals surface area contributed by atoms with Crippen LogP contribution in [0.25, 0.3) is 6.08 Å². The van der Waals surface area contributed by atoms with Gasteiger partial charge in [0.25, 0.3) is 0 Å². The molecule has 228 valence electrons. The summed E-state index contributed by atoms with van der Waals surface area (Å²) in [5, 5.41) is 1.84. The van der Waals surface area contributed by atoms with Crippen molar-refractivity contribution in [1.82, 2.24) is 9.88 Å². The van der Waals surface area contributed by atoms with E-state index < -0.39 is 26.8 Å². The van der Waals surface area contributed by atoms with E-state index in [4.69, 9.17) is 14.2 Å². The van der Waals surface area contributed by atoms with E-state index in [1.807, 2.05) is 0 Å². The number of carbonyl (C=O) groups is 2.